The molecule has 6 nitrogen and oxygen atoms in total. The Labute approximate surface area is 511 Å². The van der Waals surface area contributed by atoms with Gasteiger partial charge in [-0.05, 0) is 57.8 Å². The first-order valence-electron chi connectivity index (χ1n) is 36.6. The second-order valence-electron chi connectivity index (χ2n) is 24.8. The van der Waals surface area contributed by atoms with Gasteiger partial charge in [-0.25, -0.2) is 0 Å². The second kappa shape index (κ2) is 70.9. The fourth-order valence-electron chi connectivity index (χ4n) is 11.1. The van der Waals surface area contributed by atoms with Crippen LogP contribution in [0.4, 0.5) is 0 Å². The van der Waals surface area contributed by atoms with Gasteiger partial charge < -0.3 is 14.2 Å². The molecule has 0 aromatic carbocycles. The summed E-state index contributed by atoms with van der Waals surface area (Å²) in [7, 11) is 0. The number of hydrogen-bond acceptors (Lipinski definition) is 6. The van der Waals surface area contributed by atoms with Crippen molar-refractivity contribution in [3.8, 4) is 0 Å². The SMILES string of the molecule is CC/C=C\C/C=C\C/C=C\C/C=C\CCCCCCCCCCCCC(=O)OCC(COC(=O)CCCCCCCCCCCCCCCCCCCC)OC(=O)CCCCCCCCCCCCCCCCCCCCCCCCC. The van der Waals surface area contributed by atoms with Crippen molar-refractivity contribution >= 4 is 17.9 Å². The molecule has 0 saturated heterocycles. The molecule has 0 aliphatic carbocycles. The van der Waals surface area contributed by atoms with Gasteiger partial charge in [0.2, 0.25) is 0 Å². The van der Waals surface area contributed by atoms with Gasteiger partial charge in [-0.1, -0.05) is 371 Å². The van der Waals surface area contributed by atoms with E-state index in [1.165, 1.54) is 276 Å². The lowest BCUT2D eigenvalue weighted by atomic mass is 10.0. The molecule has 1 atom stereocenters. The summed E-state index contributed by atoms with van der Waals surface area (Å²) in [6.45, 7) is 6.61. The summed E-state index contributed by atoms with van der Waals surface area (Å²) in [5, 5.41) is 0. The van der Waals surface area contributed by atoms with Gasteiger partial charge in [0, 0.05) is 19.3 Å². The van der Waals surface area contributed by atoms with Gasteiger partial charge in [-0.15, -0.1) is 0 Å². The highest BCUT2D eigenvalue weighted by molar-refractivity contribution is 5.71. The topological polar surface area (TPSA) is 78.9 Å². The van der Waals surface area contributed by atoms with Crippen molar-refractivity contribution < 1.29 is 28.6 Å². The zero-order chi connectivity index (χ0) is 59.2. The molecule has 480 valence electrons. The van der Waals surface area contributed by atoms with Crippen LogP contribution in [0.1, 0.15) is 400 Å². The standard InChI is InChI=1S/C76H140O6/c1-4-7-10-13-16-19-22-25-28-31-34-36-38-40-42-45-48-51-54-57-60-63-66-69-75(78)81-72-73(71-80-74(77)68-65-62-59-56-53-50-47-44-33-30-27-24-21-18-15-12-9-6-3)82-76(79)70-67-64-61-58-55-52-49-46-43-41-39-37-35-32-29-26-23-20-17-14-11-8-5-2/h7,10,16,19,25,28,34,36,73H,4-6,8-9,11-15,17-18,20-24,26-27,29-33,35,37-72H2,1-3H3/b10-7-,19-16-,28-25-,36-34-. The largest absolute Gasteiger partial charge is 0.462 e. The fraction of sp³-hybridized carbons (Fsp3) is 0.855. The lowest BCUT2D eigenvalue weighted by molar-refractivity contribution is -0.167. The van der Waals surface area contributed by atoms with Crippen LogP contribution in [0.2, 0.25) is 0 Å². The summed E-state index contributed by atoms with van der Waals surface area (Å²) in [6.07, 6.45) is 90.0. The Morgan fingerprint density at radius 1 is 0.256 bits per heavy atom. The highest BCUT2D eigenvalue weighted by Crippen LogP contribution is 2.19. The van der Waals surface area contributed by atoms with E-state index in [2.05, 4.69) is 69.4 Å². The summed E-state index contributed by atoms with van der Waals surface area (Å²) < 4.78 is 17.0. The Morgan fingerprint density at radius 3 is 0.744 bits per heavy atom. The van der Waals surface area contributed by atoms with Crippen molar-refractivity contribution in [3.05, 3.63) is 48.6 Å². The lowest BCUT2D eigenvalue weighted by Gasteiger charge is -2.18. The number of rotatable bonds is 68. The van der Waals surface area contributed by atoms with E-state index in [9.17, 15) is 14.4 Å². The molecule has 0 aliphatic heterocycles. The van der Waals surface area contributed by atoms with Crippen molar-refractivity contribution in [3.63, 3.8) is 0 Å². The Hall–Kier alpha value is -2.63. The van der Waals surface area contributed by atoms with Crippen LogP contribution in [0.5, 0.6) is 0 Å². The zero-order valence-corrected chi connectivity index (χ0v) is 55.3. The van der Waals surface area contributed by atoms with Crippen molar-refractivity contribution in [2.24, 2.45) is 0 Å². The molecule has 0 saturated carbocycles. The molecule has 82 heavy (non-hydrogen) atoms. The fourth-order valence-corrected chi connectivity index (χ4v) is 11.1. The quantitative estimate of drug-likeness (QED) is 0.0261. The molecule has 0 amide bonds. The Balaban J connectivity index is 4.31. The maximum atomic E-state index is 13.0. The highest BCUT2D eigenvalue weighted by Gasteiger charge is 2.19. The molecule has 0 fully saturated rings. The molecule has 1 unspecified atom stereocenters. The lowest BCUT2D eigenvalue weighted by Crippen LogP contribution is -2.30. The van der Waals surface area contributed by atoms with Crippen molar-refractivity contribution in [2.75, 3.05) is 13.2 Å². The molecule has 0 spiro atoms. The number of carbonyl (C=O) groups excluding carboxylic acids is 3. The van der Waals surface area contributed by atoms with Crippen LogP contribution >= 0.6 is 0 Å². The van der Waals surface area contributed by atoms with Gasteiger partial charge >= 0.3 is 17.9 Å². The van der Waals surface area contributed by atoms with Crippen LogP contribution in [0.3, 0.4) is 0 Å². The zero-order valence-electron chi connectivity index (χ0n) is 55.3. The minimum absolute atomic E-state index is 0.0679. The molecule has 0 radical (unpaired) electrons. The van der Waals surface area contributed by atoms with E-state index < -0.39 is 6.10 Å². The molecule has 6 heteroatoms. The first-order chi connectivity index (χ1) is 40.5. The molecule has 0 aromatic rings. The van der Waals surface area contributed by atoms with E-state index in [1.54, 1.807) is 0 Å². The van der Waals surface area contributed by atoms with Gasteiger partial charge in [-0.3, -0.25) is 14.4 Å². The van der Waals surface area contributed by atoms with Crippen LogP contribution in [0.25, 0.3) is 0 Å². The summed E-state index contributed by atoms with van der Waals surface area (Å²) in [5.41, 5.74) is 0. The van der Waals surface area contributed by atoms with E-state index in [1.807, 2.05) is 0 Å². The Morgan fingerprint density at radius 2 is 0.476 bits per heavy atom. The van der Waals surface area contributed by atoms with E-state index in [0.717, 1.165) is 83.5 Å². The Bertz CT molecular complexity index is 1410. The third kappa shape index (κ3) is 68.2. The maximum absolute atomic E-state index is 13.0. The summed E-state index contributed by atoms with van der Waals surface area (Å²) in [5.74, 6) is -0.839. The molecule has 0 heterocycles. The van der Waals surface area contributed by atoms with Gasteiger partial charge in [0.15, 0.2) is 6.10 Å². The van der Waals surface area contributed by atoms with Crippen molar-refractivity contribution in [1.82, 2.24) is 0 Å². The molecule has 0 aromatic heterocycles. The number of unbranched alkanes of at least 4 members (excludes halogenated alkanes) is 49. The van der Waals surface area contributed by atoms with E-state index in [0.29, 0.717) is 19.3 Å². The number of hydrogen-bond donors (Lipinski definition) is 0. The number of ether oxygens (including phenoxy) is 3. The predicted molar refractivity (Wildman–Crippen MR) is 358 cm³/mol. The monoisotopic (exact) mass is 1150 g/mol. The minimum Gasteiger partial charge on any atom is -0.462 e. The Kier molecular flexibility index (Phi) is 68.6. The summed E-state index contributed by atoms with van der Waals surface area (Å²) >= 11 is 0. The van der Waals surface area contributed by atoms with Crippen LogP contribution in [0, 0.1) is 0 Å². The van der Waals surface area contributed by atoms with Crippen LogP contribution in [-0.2, 0) is 28.6 Å². The summed E-state index contributed by atoms with van der Waals surface area (Å²) in [6, 6.07) is 0. The van der Waals surface area contributed by atoms with Crippen LogP contribution in [0.15, 0.2) is 48.6 Å². The molecule has 0 aliphatic rings. The van der Waals surface area contributed by atoms with Crippen molar-refractivity contribution in [2.45, 2.75) is 406 Å². The van der Waals surface area contributed by atoms with E-state index in [-0.39, 0.29) is 31.1 Å². The van der Waals surface area contributed by atoms with E-state index >= 15 is 0 Å². The van der Waals surface area contributed by atoms with Gasteiger partial charge in [0.1, 0.15) is 13.2 Å². The summed E-state index contributed by atoms with van der Waals surface area (Å²) in [4.78, 5) is 38.5. The third-order valence-corrected chi connectivity index (χ3v) is 16.6. The van der Waals surface area contributed by atoms with Crippen molar-refractivity contribution in [1.29, 1.82) is 0 Å². The van der Waals surface area contributed by atoms with Gasteiger partial charge in [0.05, 0.1) is 0 Å². The van der Waals surface area contributed by atoms with Crippen LogP contribution < -0.4 is 0 Å². The molecule has 0 rings (SSSR count). The molecular weight excluding hydrogens is 1010 g/mol. The van der Waals surface area contributed by atoms with Gasteiger partial charge in [0.25, 0.3) is 0 Å². The maximum Gasteiger partial charge on any atom is 0.306 e. The third-order valence-electron chi connectivity index (χ3n) is 16.6. The molecular formula is C76H140O6. The second-order valence-corrected chi connectivity index (χ2v) is 24.8. The smallest absolute Gasteiger partial charge is 0.306 e. The minimum atomic E-state index is -0.773. The average molecular weight is 1150 g/mol. The molecule has 0 bridgehead atoms. The van der Waals surface area contributed by atoms with Crippen LogP contribution in [-0.4, -0.2) is 37.2 Å². The number of esters is 3. The first-order valence-corrected chi connectivity index (χ1v) is 36.6. The van der Waals surface area contributed by atoms with E-state index in [4.69, 9.17) is 14.2 Å². The first kappa shape index (κ1) is 79.4. The van der Waals surface area contributed by atoms with Gasteiger partial charge in [-0.2, -0.15) is 0 Å². The number of allylic oxidation sites excluding steroid dienone is 8. The normalized spacial score (nSPS) is 12.3. The average Bonchev–Trinajstić information content (AvgIpc) is 3.47. The molecule has 0 N–H and O–H groups in total. The predicted octanol–water partition coefficient (Wildman–Crippen LogP) is 25.3. The number of carbonyl (C=O) groups is 3. The highest BCUT2D eigenvalue weighted by atomic mass is 16.6.